The largest absolute Gasteiger partial charge is 0.367 e. The molecule has 17 heavy (non-hydrogen) atoms. The second kappa shape index (κ2) is 4.62. The standard InChI is InChI=1S/C11H12F2N2OS/c12-8-2-1-7(9(13)5-8)6-11(10(14)16)15-3-4-17-11/h1-2,5,15H,3-4,6H2,(H2,14,16). The fourth-order valence-corrected chi connectivity index (χ4v) is 2.98. The van der Waals surface area contributed by atoms with Crippen LogP contribution in [0.2, 0.25) is 0 Å². The fourth-order valence-electron chi connectivity index (χ4n) is 1.82. The molecule has 1 amide bonds. The van der Waals surface area contributed by atoms with Crippen LogP contribution in [0.1, 0.15) is 5.56 Å². The molecule has 0 aromatic heterocycles. The van der Waals surface area contributed by atoms with Crippen LogP contribution in [0.4, 0.5) is 8.78 Å². The molecule has 0 spiro atoms. The van der Waals surface area contributed by atoms with E-state index in [0.717, 1.165) is 11.8 Å². The second-order valence-electron chi connectivity index (χ2n) is 3.88. The topological polar surface area (TPSA) is 55.1 Å². The summed E-state index contributed by atoms with van der Waals surface area (Å²) in [4.78, 5) is 10.5. The van der Waals surface area contributed by atoms with E-state index in [0.29, 0.717) is 6.54 Å². The van der Waals surface area contributed by atoms with E-state index >= 15 is 0 Å². The van der Waals surface area contributed by atoms with Crippen LogP contribution in [0.3, 0.4) is 0 Å². The van der Waals surface area contributed by atoms with Crippen LogP contribution in [-0.2, 0) is 11.2 Å². The number of thioether (sulfide) groups is 1. The molecular formula is C11H12F2N2OS. The third-order valence-corrected chi connectivity index (χ3v) is 4.10. The quantitative estimate of drug-likeness (QED) is 0.851. The molecule has 3 nitrogen and oxygen atoms in total. The van der Waals surface area contributed by atoms with Gasteiger partial charge in [-0.25, -0.2) is 8.78 Å². The molecule has 0 aliphatic carbocycles. The summed E-state index contributed by atoms with van der Waals surface area (Å²) in [6, 6.07) is 3.33. The van der Waals surface area contributed by atoms with Crippen molar-refractivity contribution < 1.29 is 13.6 Å². The monoisotopic (exact) mass is 258 g/mol. The zero-order chi connectivity index (χ0) is 12.5. The number of amides is 1. The van der Waals surface area contributed by atoms with E-state index in [9.17, 15) is 13.6 Å². The van der Waals surface area contributed by atoms with Gasteiger partial charge in [0.05, 0.1) is 0 Å². The second-order valence-corrected chi connectivity index (χ2v) is 5.27. The minimum Gasteiger partial charge on any atom is -0.367 e. The van der Waals surface area contributed by atoms with E-state index in [1.54, 1.807) is 0 Å². The van der Waals surface area contributed by atoms with Crippen molar-refractivity contribution >= 4 is 17.7 Å². The van der Waals surface area contributed by atoms with Gasteiger partial charge in [0.1, 0.15) is 16.5 Å². The molecule has 0 bridgehead atoms. The maximum absolute atomic E-state index is 13.5. The highest BCUT2D eigenvalue weighted by atomic mass is 32.2. The van der Waals surface area contributed by atoms with Gasteiger partial charge in [0, 0.05) is 24.8 Å². The Hall–Kier alpha value is -1.14. The van der Waals surface area contributed by atoms with Crippen molar-refractivity contribution in [2.45, 2.75) is 11.3 Å². The molecule has 0 radical (unpaired) electrons. The Labute approximate surface area is 102 Å². The first-order valence-corrected chi connectivity index (χ1v) is 6.15. The number of hydrogen-bond donors (Lipinski definition) is 2. The van der Waals surface area contributed by atoms with Gasteiger partial charge < -0.3 is 5.73 Å². The lowest BCUT2D eigenvalue weighted by Crippen LogP contribution is -2.51. The molecule has 1 saturated heterocycles. The van der Waals surface area contributed by atoms with Crippen molar-refractivity contribution in [3.05, 3.63) is 35.4 Å². The molecule has 3 N–H and O–H groups in total. The summed E-state index contributed by atoms with van der Waals surface area (Å²) in [6.07, 6.45) is 0.124. The van der Waals surface area contributed by atoms with Gasteiger partial charge >= 0.3 is 0 Å². The minimum absolute atomic E-state index is 0.124. The van der Waals surface area contributed by atoms with Crippen LogP contribution in [0, 0.1) is 11.6 Å². The number of carbonyl (C=O) groups is 1. The van der Waals surface area contributed by atoms with E-state index in [-0.39, 0.29) is 12.0 Å². The van der Waals surface area contributed by atoms with Gasteiger partial charge in [-0.1, -0.05) is 6.07 Å². The van der Waals surface area contributed by atoms with Crippen LogP contribution in [-0.4, -0.2) is 23.1 Å². The molecule has 1 aromatic carbocycles. The molecule has 92 valence electrons. The smallest absolute Gasteiger partial charge is 0.248 e. The number of carbonyl (C=O) groups excluding carboxylic acids is 1. The van der Waals surface area contributed by atoms with Gasteiger partial charge in [0.25, 0.3) is 0 Å². The first-order chi connectivity index (χ1) is 8.03. The summed E-state index contributed by atoms with van der Waals surface area (Å²) in [6.45, 7) is 0.649. The predicted octanol–water partition coefficient (Wildman–Crippen LogP) is 1.03. The van der Waals surface area contributed by atoms with Crippen molar-refractivity contribution in [1.29, 1.82) is 0 Å². The number of nitrogens with one attached hydrogen (secondary N) is 1. The lowest BCUT2D eigenvalue weighted by Gasteiger charge is -2.24. The summed E-state index contributed by atoms with van der Waals surface area (Å²) >= 11 is 1.36. The van der Waals surface area contributed by atoms with Crippen molar-refractivity contribution in [3.8, 4) is 0 Å². The van der Waals surface area contributed by atoms with Crippen LogP contribution in [0.15, 0.2) is 18.2 Å². The van der Waals surface area contributed by atoms with Gasteiger partial charge in [0.15, 0.2) is 0 Å². The van der Waals surface area contributed by atoms with Gasteiger partial charge in [0.2, 0.25) is 5.91 Å². The molecule has 2 rings (SSSR count). The van der Waals surface area contributed by atoms with Crippen LogP contribution in [0.5, 0.6) is 0 Å². The normalized spacial score (nSPS) is 23.9. The SMILES string of the molecule is NC(=O)C1(Cc2ccc(F)cc2F)NCCS1. The summed E-state index contributed by atoms with van der Waals surface area (Å²) in [5, 5.41) is 2.99. The Kier molecular flexibility index (Phi) is 3.35. The fraction of sp³-hybridized carbons (Fsp3) is 0.364. The number of hydrogen-bond acceptors (Lipinski definition) is 3. The first-order valence-electron chi connectivity index (χ1n) is 5.16. The Morgan fingerprint density at radius 1 is 1.53 bits per heavy atom. The van der Waals surface area contributed by atoms with Gasteiger partial charge in [-0.15, -0.1) is 11.8 Å². The molecular weight excluding hydrogens is 246 g/mol. The lowest BCUT2D eigenvalue weighted by atomic mass is 10.0. The van der Waals surface area contributed by atoms with Gasteiger partial charge in [-0.05, 0) is 11.6 Å². The summed E-state index contributed by atoms with van der Waals surface area (Å²) < 4.78 is 26.3. The average molecular weight is 258 g/mol. The third-order valence-electron chi connectivity index (χ3n) is 2.71. The number of benzene rings is 1. The molecule has 1 aliphatic heterocycles. The third kappa shape index (κ3) is 2.42. The number of nitrogens with two attached hydrogens (primary N) is 1. The van der Waals surface area contributed by atoms with Crippen molar-refractivity contribution in [2.75, 3.05) is 12.3 Å². The summed E-state index contributed by atoms with van der Waals surface area (Å²) in [5.74, 6) is -1.07. The molecule has 1 unspecified atom stereocenters. The number of primary amides is 1. The Morgan fingerprint density at radius 2 is 2.29 bits per heavy atom. The highest BCUT2D eigenvalue weighted by molar-refractivity contribution is 8.01. The number of halogens is 2. The van der Waals surface area contributed by atoms with E-state index in [1.807, 2.05) is 0 Å². The molecule has 0 saturated carbocycles. The van der Waals surface area contributed by atoms with E-state index in [2.05, 4.69) is 5.32 Å². The van der Waals surface area contributed by atoms with Crippen molar-refractivity contribution in [3.63, 3.8) is 0 Å². The number of rotatable bonds is 3. The molecule has 6 heteroatoms. The minimum atomic E-state index is -0.974. The molecule has 1 atom stereocenters. The summed E-state index contributed by atoms with van der Waals surface area (Å²) in [7, 11) is 0. The lowest BCUT2D eigenvalue weighted by molar-refractivity contribution is -0.120. The maximum atomic E-state index is 13.5. The highest BCUT2D eigenvalue weighted by Crippen LogP contribution is 2.31. The van der Waals surface area contributed by atoms with Gasteiger partial charge in [-0.3, -0.25) is 10.1 Å². The predicted molar refractivity (Wildman–Crippen MR) is 62.4 cm³/mol. The van der Waals surface area contributed by atoms with Crippen molar-refractivity contribution in [2.24, 2.45) is 5.73 Å². The zero-order valence-corrected chi connectivity index (χ0v) is 9.82. The van der Waals surface area contributed by atoms with Crippen LogP contribution >= 0.6 is 11.8 Å². The van der Waals surface area contributed by atoms with Crippen LogP contribution in [0.25, 0.3) is 0 Å². The van der Waals surface area contributed by atoms with Crippen LogP contribution < -0.4 is 11.1 Å². The molecule has 1 fully saturated rings. The maximum Gasteiger partial charge on any atom is 0.248 e. The molecule has 1 aromatic rings. The Morgan fingerprint density at radius 3 is 2.82 bits per heavy atom. The average Bonchev–Trinajstić information content (AvgIpc) is 2.72. The van der Waals surface area contributed by atoms with Gasteiger partial charge in [-0.2, -0.15) is 0 Å². The molecule has 1 aliphatic rings. The first kappa shape index (κ1) is 12.3. The van der Waals surface area contributed by atoms with Crippen molar-refractivity contribution in [1.82, 2.24) is 5.32 Å². The van der Waals surface area contributed by atoms with E-state index < -0.39 is 22.4 Å². The Balaban J connectivity index is 2.26. The van der Waals surface area contributed by atoms with E-state index in [4.69, 9.17) is 5.73 Å². The highest BCUT2D eigenvalue weighted by Gasteiger charge is 2.40. The zero-order valence-electron chi connectivity index (χ0n) is 9.00. The van der Waals surface area contributed by atoms with E-state index in [1.165, 1.54) is 23.9 Å². The summed E-state index contributed by atoms with van der Waals surface area (Å²) in [5.41, 5.74) is 5.63. The Bertz CT molecular complexity index is 447. The molecule has 1 heterocycles.